The van der Waals surface area contributed by atoms with Gasteiger partial charge in [-0.3, -0.25) is 4.90 Å². The first-order chi connectivity index (χ1) is 7.76. The Hall–Kier alpha value is -0.0800. The van der Waals surface area contributed by atoms with Crippen LogP contribution in [-0.4, -0.2) is 49.1 Å². The van der Waals surface area contributed by atoms with Crippen LogP contribution < -0.4 is 0 Å². The van der Waals surface area contributed by atoms with Crippen LogP contribution in [0.15, 0.2) is 0 Å². The molecule has 0 saturated heterocycles. The van der Waals surface area contributed by atoms with Crippen LogP contribution in [0.25, 0.3) is 0 Å². The Morgan fingerprint density at radius 1 is 1.00 bits per heavy atom. The fourth-order valence-electron chi connectivity index (χ4n) is 2.07. The van der Waals surface area contributed by atoms with Crippen LogP contribution in [0.3, 0.4) is 0 Å². The van der Waals surface area contributed by atoms with Gasteiger partial charge in [-0.1, -0.05) is 27.7 Å². The van der Waals surface area contributed by atoms with Gasteiger partial charge in [-0.05, 0) is 52.2 Å². The molecule has 0 aliphatic heterocycles. The Bertz CT molecular complexity index is 182. The minimum Gasteiger partial charge on any atom is -0.305 e. The van der Waals surface area contributed by atoms with Gasteiger partial charge >= 0.3 is 0 Å². The second-order valence-corrected chi connectivity index (χ2v) is 6.69. The third kappa shape index (κ3) is 9.61. The van der Waals surface area contributed by atoms with Crippen LogP contribution in [0, 0.1) is 5.41 Å². The molecule has 0 rings (SSSR count). The molecule has 0 N–H and O–H groups in total. The molecular formula is C15H34N2. The zero-order valence-electron chi connectivity index (χ0n) is 13.2. The second kappa shape index (κ2) is 8.10. The van der Waals surface area contributed by atoms with E-state index in [-0.39, 0.29) is 0 Å². The van der Waals surface area contributed by atoms with E-state index in [1.165, 1.54) is 32.5 Å². The van der Waals surface area contributed by atoms with Gasteiger partial charge in [0.15, 0.2) is 0 Å². The highest BCUT2D eigenvalue weighted by Crippen LogP contribution is 2.20. The van der Waals surface area contributed by atoms with E-state index < -0.39 is 0 Å². The van der Waals surface area contributed by atoms with E-state index >= 15 is 0 Å². The maximum atomic E-state index is 2.53. The van der Waals surface area contributed by atoms with Gasteiger partial charge in [-0.2, -0.15) is 0 Å². The van der Waals surface area contributed by atoms with Crippen molar-refractivity contribution in [2.75, 3.05) is 33.2 Å². The largest absolute Gasteiger partial charge is 0.305 e. The lowest BCUT2D eigenvalue weighted by Crippen LogP contribution is -2.37. The van der Waals surface area contributed by atoms with Gasteiger partial charge in [-0.15, -0.1) is 0 Å². The molecule has 0 aliphatic carbocycles. The highest BCUT2D eigenvalue weighted by atomic mass is 15.2. The van der Waals surface area contributed by atoms with Crippen molar-refractivity contribution in [1.82, 2.24) is 9.80 Å². The first kappa shape index (κ1) is 16.9. The second-order valence-electron chi connectivity index (χ2n) is 6.69. The summed E-state index contributed by atoms with van der Waals surface area (Å²) in [7, 11) is 2.25. The maximum absolute atomic E-state index is 2.53. The molecule has 0 aromatic rings. The number of nitrogens with zero attached hydrogens (tertiary/aromatic N) is 2. The Morgan fingerprint density at radius 2 is 1.59 bits per heavy atom. The van der Waals surface area contributed by atoms with Gasteiger partial charge in [0.05, 0.1) is 0 Å². The molecule has 17 heavy (non-hydrogen) atoms. The number of rotatable bonds is 8. The smallest absolute Gasteiger partial charge is 0.0112 e. The molecule has 0 saturated carbocycles. The standard InChI is InChI=1S/C15H34N2/c1-8-17(14(2)3)13-12-16(7)11-9-10-15(4,5)6/h14H,8-13H2,1-7H3. The highest BCUT2D eigenvalue weighted by molar-refractivity contribution is 4.65. The van der Waals surface area contributed by atoms with Gasteiger partial charge in [0.1, 0.15) is 0 Å². The van der Waals surface area contributed by atoms with Crippen molar-refractivity contribution >= 4 is 0 Å². The van der Waals surface area contributed by atoms with E-state index in [0.29, 0.717) is 11.5 Å². The van der Waals surface area contributed by atoms with Crippen molar-refractivity contribution in [2.24, 2.45) is 5.41 Å². The molecule has 0 unspecified atom stereocenters. The maximum Gasteiger partial charge on any atom is 0.0112 e. The van der Waals surface area contributed by atoms with Crippen LogP contribution in [-0.2, 0) is 0 Å². The summed E-state index contributed by atoms with van der Waals surface area (Å²) in [6.07, 6.45) is 2.63. The van der Waals surface area contributed by atoms with E-state index in [9.17, 15) is 0 Å². The summed E-state index contributed by atoms with van der Waals surface area (Å²) in [4.78, 5) is 5.00. The third-order valence-electron chi connectivity index (χ3n) is 3.37. The van der Waals surface area contributed by atoms with Crippen LogP contribution in [0.4, 0.5) is 0 Å². The summed E-state index contributed by atoms with van der Waals surface area (Å²) in [6, 6.07) is 0.669. The van der Waals surface area contributed by atoms with Crippen LogP contribution in [0.2, 0.25) is 0 Å². The van der Waals surface area contributed by atoms with Gasteiger partial charge in [0, 0.05) is 19.1 Å². The molecule has 2 heteroatoms. The van der Waals surface area contributed by atoms with E-state index in [2.05, 4.69) is 58.4 Å². The molecule has 0 aliphatic rings. The number of likely N-dealkylation sites (N-methyl/N-ethyl adjacent to an activating group) is 2. The SMILES string of the molecule is CCN(CCN(C)CCCC(C)(C)C)C(C)C. The fourth-order valence-corrected chi connectivity index (χ4v) is 2.07. The van der Waals surface area contributed by atoms with Crippen molar-refractivity contribution in [3.63, 3.8) is 0 Å². The summed E-state index contributed by atoms with van der Waals surface area (Å²) in [5.74, 6) is 0. The zero-order chi connectivity index (χ0) is 13.5. The van der Waals surface area contributed by atoms with E-state index in [1.807, 2.05) is 0 Å². The van der Waals surface area contributed by atoms with Crippen molar-refractivity contribution in [3.05, 3.63) is 0 Å². The molecule has 0 heterocycles. The zero-order valence-corrected chi connectivity index (χ0v) is 13.2. The van der Waals surface area contributed by atoms with E-state index in [4.69, 9.17) is 0 Å². The third-order valence-corrected chi connectivity index (χ3v) is 3.37. The quantitative estimate of drug-likeness (QED) is 0.643. The molecule has 0 amide bonds. The first-order valence-electron chi connectivity index (χ1n) is 7.19. The molecule has 0 radical (unpaired) electrons. The summed E-state index contributed by atoms with van der Waals surface area (Å²) in [6.45, 7) is 18.6. The molecule has 104 valence electrons. The summed E-state index contributed by atoms with van der Waals surface area (Å²) in [5.41, 5.74) is 0.480. The molecule has 0 aromatic heterocycles. The molecule has 0 spiro atoms. The van der Waals surface area contributed by atoms with Crippen molar-refractivity contribution in [3.8, 4) is 0 Å². The van der Waals surface area contributed by atoms with Gasteiger partial charge in [0.25, 0.3) is 0 Å². The lowest BCUT2D eigenvalue weighted by atomic mass is 9.90. The molecule has 2 nitrogen and oxygen atoms in total. The summed E-state index contributed by atoms with van der Waals surface area (Å²) in [5, 5.41) is 0. The molecule has 0 atom stereocenters. The average molecular weight is 242 g/mol. The van der Waals surface area contributed by atoms with E-state index in [1.54, 1.807) is 0 Å². The number of hydrogen-bond donors (Lipinski definition) is 0. The molecule has 0 bridgehead atoms. The summed E-state index contributed by atoms with van der Waals surface area (Å²) < 4.78 is 0. The highest BCUT2D eigenvalue weighted by Gasteiger charge is 2.11. The minimum atomic E-state index is 0.480. The molecule has 0 fully saturated rings. The average Bonchev–Trinajstić information content (AvgIpc) is 2.16. The Balaban J connectivity index is 3.68. The Morgan fingerprint density at radius 3 is 2.00 bits per heavy atom. The molecular weight excluding hydrogens is 208 g/mol. The van der Waals surface area contributed by atoms with Gasteiger partial charge in [0.2, 0.25) is 0 Å². The van der Waals surface area contributed by atoms with Crippen molar-refractivity contribution in [2.45, 2.75) is 60.4 Å². The van der Waals surface area contributed by atoms with Crippen LogP contribution in [0.1, 0.15) is 54.4 Å². The van der Waals surface area contributed by atoms with Crippen molar-refractivity contribution in [1.29, 1.82) is 0 Å². The lowest BCUT2D eigenvalue weighted by Gasteiger charge is -2.28. The van der Waals surface area contributed by atoms with Gasteiger partial charge in [-0.25, -0.2) is 0 Å². The van der Waals surface area contributed by atoms with Crippen LogP contribution in [0.5, 0.6) is 0 Å². The predicted octanol–water partition coefficient (Wildman–Crippen LogP) is 3.47. The van der Waals surface area contributed by atoms with Crippen LogP contribution >= 0.6 is 0 Å². The van der Waals surface area contributed by atoms with E-state index in [0.717, 1.165) is 6.54 Å². The summed E-state index contributed by atoms with van der Waals surface area (Å²) >= 11 is 0. The van der Waals surface area contributed by atoms with Crippen molar-refractivity contribution < 1.29 is 0 Å². The fraction of sp³-hybridized carbons (Fsp3) is 1.00. The lowest BCUT2D eigenvalue weighted by molar-refractivity contribution is 0.193. The predicted molar refractivity (Wildman–Crippen MR) is 78.6 cm³/mol. The minimum absolute atomic E-state index is 0.480. The topological polar surface area (TPSA) is 6.48 Å². The normalized spacial score (nSPS) is 13.1. The molecule has 0 aromatic carbocycles. The number of hydrogen-bond acceptors (Lipinski definition) is 2. The first-order valence-corrected chi connectivity index (χ1v) is 7.19. The monoisotopic (exact) mass is 242 g/mol. The van der Waals surface area contributed by atoms with Gasteiger partial charge < -0.3 is 4.90 Å². The Kier molecular flexibility index (Phi) is 8.06. The Labute approximate surface area is 109 Å².